The number of rotatable bonds is 4. The molecule has 102 valence electrons. The zero-order chi connectivity index (χ0) is 13.8. The number of ketones is 1. The highest BCUT2D eigenvalue weighted by molar-refractivity contribution is 5.82. The van der Waals surface area contributed by atoms with E-state index in [9.17, 15) is 14.9 Å². The van der Waals surface area contributed by atoms with Crippen LogP contribution < -0.4 is 0 Å². The van der Waals surface area contributed by atoms with Crippen molar-refractivity contribution in [3.05, 3.63) is 45.5 Å². The van der Waals surface area contributed by atoms with Gasteiger partial charge in [0.15, 0.2) is 0 Å². The fourth-order valence-electron chi connectivity index (χ4n) is 2.87. The van der Waals surface area contributed by atoms with E-state index in [0.29, 0.717) is 6.42 Å². The van der Waals surface area contributed by atoms with Crippen LogP contribution in [0.2, 0.25) is 0 Å². The van der Waals surface area contributed by atoms with E-state index in [4.69, 9.17) is 0 Å². The fraction of sp³-hybridized carbons (Fsp3) is 0.533. The predicted octanol–water partition coefficient (Wildman–Crippen LogP) is 3.11. The Morgan fingerprint density at radius 1 is 1.32 bits per heavy atom. The summed E-state index contributed by atoms with van der Waals surface area (Å²) >= 11 is 0. The van der Waals surface area contributed by atoms with Gasteiger partial charge in [-0.25, -0.2) is 0 Å². The molecular weight excluding hydrogens is 242 g/mol. The topological polar surface area (TPSA) is 60.2 Å². The van der Waals surface area contributed by atoms with Gasteiger partial charge in [0, 0.05) is 17.3 Å². The first-order valence-electron chi connectivity index (χ1n) is 6.79. The molecule has 0 amide bonds. The van der Waals surface area contributed by atoms with E-state index in [2.05, 4.69) is 0 Å². The minimum Gasteiger partial charge on any atom is -0.299 e. The van der Waals surface area contributed by atoms with Gasteiger partial charge in [-0.3, -0.25) is 14.9 Å². The van der Waals surface area contributed by atoms with Crippen molar-refractivity contribution in [2.45, 2.75) is 38.5 Å². The average molecular weight is 261 g/mol. The van der Waals surface area contributed by atoms with Crippen molar-refractivity contribution in [3.8, 4) is 0 Å². The molecule has 1 fully saturated rings. The normalized spacial score (nSPS) is 21.1. The monoisotopic (exact) mass is 261 g/mol. The van der Waals surface area contributed by atoms with Gasteiger partial charge < -0.3 is 0 Å². The molecule has 0 saturated heterocycles. The highest BCUT2D eigenvalue weighted by Crippen LogP contribution is 2.34. The van der Waals surface area contributed by atoms with E-state index in [1.807, 2.05) is 31.2 Å². The average Bonchev–Trinajstić information content (AvgIpc) is 2.38. The van der Waals surface area contributed by atoms with Crippen LogP contribution in [0.5, 0.6) is 0 Å². The molecule has 0 bridgehead atoms. The van der Waals surface area contributed by atoms with Crippen LogP contribution >= 0.6 is 0 Å². The van der Waals surface area contributed by atoms with Crippen LogP contribution in [0, 0.1) is 23.0 Å². The molecule has 2 rings (SSSR count). The lowest BCUT2D eigenvalue weighted by Crippen LogP contribution is -2.30. The van der Waals surface area contributed by atoms with Crippen molar-refractivity contribution in [1.82, 2.24) is 0 Å². The summed E-state index contributed by atoms with van der Waals surface area (Å²) in [5.41, 5.74) is 2.04. The SMILES string of the molecule is Cc1ccc([C@@H](C[N+](=O)[O-])[C@H]2CCCCC2=O)cc1. The van der Waals surface area contributed by atoms with Gasteiger partial charge in [-0.15, -0.1) is 0 Å². The molecule has 19 heavy (non-hydrogen) atoms. The molecule has 0 radical (unpaired) electrons. The van der Waals surface area contributed by atoms with Gasteiger partial charge in [0.25, 0.3) is 0 Å². The van der Waals surface area contributed by atoms with E-state index in [1.165, 1.54) is 0 Å². The van der Waals surface area contributed by atoms with E-state index >= 15 is 0 Å². The third-order valence-electron chi connectivity index (χ3n) is 3.94. The van der Waals surface area contributed by atoms with Crippen LogP contribution in [0.25, 0.3) is 0 Å². The number of hydrogen-bond acceptors (Lipinski definition) is 3. The second-order valence-electron chi connectivity index (χ2n) is 5.35. The molecule has 4 nitrogen and oxygen atoms in total. The molecule has 1 aromatic rings. The maximum absolute atomic E-state index is 12.0. The quantitative estimate of drug-likeness (QED) is 0.618. The minimum atomic E-state index is -0.299. The molecule has 1 saturated carbocycles. The summed E-state index contributed by atoms with van der Waals surface area (Å²) in [7, 11) is 0. The van der Waals surface area contributed by atoms with Gasteiger partial charge in [0.2, 0.25) is 6.54 Å². The highest BCUT2D eigenvalue weighted by atomic mass is 16.6. The van der Waals surface area contributed by atoms with Gasteiger partial charge in [-0.05, 0) is 25.3 Å². The van der Waals surface area contributed by atoms with Gasteiger partial charge in [0.1, 0.15) is 5.78 Å². The first kappa shape index (κ1) is 13.7. The van der Waals surface area contributed by atoms with Crippen LogP contribution in [0.4, 0.5) is 0 Å². The predicted molar refractivity (Wildman–Crippen MR) is 72.7 cm³/mol. The van der Waals surface area contributed by atoms with Crippen LogP contribution in [0.3, 0.4) is 0 Å². The molecule has 0 aromatic heterocycles. The molecule has 0 aliphatic heterocycles. The number of carbonyl (C=O) groups is 1. The largest absolute Gasteiger partial charge is 0.299 e. The number of nitro groups is 1. The molecule has 1 aromatic carbocycles. The Bertz CT molecular complexity index is 467. The summed E-state index contributed by atoms with van der Waals surface area (Å²) in [5.74, 6) is -0.260. The van der Waals surface area contributed by atoms with Gasteiger partial charge >= 0.3 is 0 Å². The van der Waals surface area contributed by atoms with Crippen molar-refractivity contribution in [1.29, 1.82) is 0 Å². The first-order chi connectivity index (χ1) is 9.08. The van der Waals surface area contributed by atoms with Gasteiger partial charge in [0.05, 0.1) is 5.92 Å². The molecule has 1 aliphatic rings. The number of aryl methyl sites for hydroxylation is 1. The Hall–Kier alpha value is -1.71. The maximum atomic E-state index is 12.0. The van der Waals surface area contributed by atoms with Crippen LogP contribution in [0.1, 0.15) is 42.7 Å². The number of hydrogen-bond donors (Lipinski definition) is 0. The molecule has 0 heterocycles. The Kier molecular flexibility index (Phi) is 4.30. The first-order valence-corrected chi connectivity index (χ1v) is 6.79. The molecule has 0 N–H and O–H groups in total. The van der Waals surface area contributed by atoms with Crippen LogP contribution in [-0.4, -0.2) is 17.3 Å². The summed E-state index contributed by atoms with van der Waals surface area (Å²) in [6, 6.07) is 7.75. The zero-order valence-corrected chi connectivity index (χ0v) is 11.2. The van der Waals surface area contributed by atoms with Crippen LogP contribution in [0.15, 0.2) is 24.3 Å². The summed E-state index contributed by atoms with van der Waals surface area (Å²) in [5, 5.41) is 10.9. The lowest BCUT2D eigenvalue weighted by molar-refractivity contribution is -0.484. The maximum Gasteiger partial charge on any atom is 0.211 e. The summed E-state index contributed by atoms with van der Waals surface area (Å²) in [4.78, 5) is 22.6. The smallest absolute Gasteiger partial charge is 0.211 e. The lowest BCUT2D eigenvalue weighted by Gasteiger charge is -2.27. The van der Waals surface area contributed by atoms with Crippen molar-refractivity contribution >= 4 is 5.78 Å². The Morgan fingerprint density at radius 3 is 2.58 bits per heavy atom. The number of nitrogens with zero attached hydrogens (tertiary/aromatic N) is 1. The summed E-state index contributed by atoms with van der Waals surface area (Å²) in [6.07, 6.45) is 3.28. The van der Waals surface area contributed by atoms with E-state index in [0.717, 1.165) is 30.4 Å². The van der Waals surface area contributed by atoms with E-state index in [1.54, 1.807) is 0 Å². The zero-order valence-electron chi connectivity index (χ0n) is 11.2. The van der Waals surface area contributed by atoms with E-state index in [-0.39, 0.29) is 29.1 Å². The third kappa shape index (κ3) is 3.40. The third-order valence-corrected chi connectivity index (χ3v) is 3.94. The number of Topliss-reactive ketones (excluding diaryl/α,β-unsaturated/α-hetero) is 1. The molecule has 0 spiro atoms. The molecular formula is C15H19NO3. The van der Waals surface area contributed by atoms with Crippen LogP contribution in [-0.2, 0) is 4.79 Å². The van der Waals surface area contributed by atoms with E-state index < -0.39 is 0 Å². The Balaban J connectivity index is 2.26. The minimum absolute atomic E-state index is 0.153. The van der Waals surface area contributed by atoms with Gasteiger partial charge in [-0.1, -0.05) is 36.2 Å². The molecule has 2 atom stereocenters. The fourth-order valence-corrected chi connectivity index (χ4v) is 2.87. The summed E-state index contributed by atoms with van der Waals surface area (Å²) < 4.78 is 0. The molecule has 0 unspecified atom stereocenters. The molecule has 4 heteroatoms. The number of benzene rings is 1. The van der Waals surface area contributed by atoms with Crippen molar-refractivity contribution in [2.75, 3.05) is 6.54 Å². The second kappa shape index (κ2) is 5.95. The highest BCUT2D eigenvalue weighted by Gasteiger charge is 2.34. The Labute approximate surface area is 113 Å². The van der Waals surface area contributed by atoms with Crippen molar-refractivity contribution < 1.29 is 9.72 Å². The lowest BCUT2D eigenvalue weighted by atomic mass is 9.76. The van der Waals surface area contributed by atoms with Crippen molar-refractivity contribution in [2.24, 2.45) is 5.92 Å². The Morgan fingerprint density at radius 2 is 2.00 bits per heavy atom. The second-order valence-corrected chi connectivity index (χ2v) is 5.35. The standard InChI is InChI=1S/C15H19NO3/c1-11-6-8-12(9-7-11)14(10-16(18)19)13-4-2-3-5-15(13)17/h6-9,13-14H,2-5,10H2,1H3/t13-,14-/m1/s1. The van der Waals surface area contributed by atoms with Gasteiger partial charge in [-0.2, -0.15) is 0 Å². The molecule has 1 aliphatic carbocycles. The summed E-state index contributed by atoms with van der Waals surface area (Å²) in [6.45, 7) is 1.83. The van der Waals surface area contributed by atoms with Crippen molar-refractivity contribution in [3.63, 3.8) is 0 Å². The number of carbonyl (C=O) groups excluding carboxylic acids is 1.